The predicted octanol–water partition coefficient (Wildman–Crippen LogP) is 1.22. The SMILES string of the molecule is COc1ccc2c(c1)C(c1ccc(Cl)cc1)=N[C@@H](CC(=O)NCC(=O)NCCN)C1=NNC(C)N12. The van der Waals surface area contributed by atoms with Gasteiger partial charge in [-0.2, -0.15) is 5.10 Å². The lowest BCUT2D eigenvalue weighted by molar-refractivity contribution is -0.126. The van der Waals surface area contributed by atoms with Gasteiger partial charge in [0, 0.05) is 29.2 Å². The number of amidine groups is 1. The van der Waals surface area contributed by atoms with Crippen LogP contribution in [-0.4, -0.2) is 62.3 Å². The van der Waals surface area contributed by atoms with Gasteiger partial charge in [0.25, 0.3) is 0 Å². The average Bonchev–Trinajstić information content (AvgIpc) is 3.19. The van der Waals surface area contributed by atoms with Crippen molar-refractivity contribution in [2.45, 2.75) is 25.6 Å². The Morgan fingerprint density at radius 2 is 1.94 bits per heavy atom. The monoisotopic (exact) mass is 497 g/mol. The summed E-state index contributed by atoms with van der Waals surface area (Å²) in [6.45, 7) is 2.53. The number of amides is 2. The minimum atomic E-state index is -0.594. The fourth-order valence-corrected chi connectivity index (χ4v) is 4.16. The van der Waals surface area contributed by atoms with Gasteiger partial charge in [-0.3, -0.25) is 20.0 Å². The second-order valence-electron chi connectivity index (χ2n) is 8.15. The molecule has 10 nitrogen and oxygen atoms in total. The molecular weight excluding hydrogens is 470 g/mol. The Labute approximate surface area is 208 Å². The van der Waals surface area contributed by atoms with Crippen molar-refractivity contribution in [2.75, 3.05) is 31.6 Å². The number of anilines is 1. The Morgan fingerprint density at radius 1 is 1.17 bits per heavy atom. The summed E-state index contributed by atoms with van der Waals surface area (Å²) in [5, 5.41) is 10.4. The zero-order valence-corrected chi connectivity index (χ0v) is 20.3. The molecule has 0 saturated carbocycles. The Bertz CT molecular complexity index is 1170. The molecule has 5 N–H and O–H groups in total. The standard InChI is InChI=1S/C24H28ClN7O3/c1-14-30-31-24-19(12-21(33)28-13-22(34)27-10-9-26)29-23(15-3-5-16(25)6-4-15)18-11-17(35-2)7-8-20(18)32(14)24/h3-8,11,14,19,30H,9-10,12-13,26H2,1-2H3,(H,27,34)(H,28,33)/t14?,19-/m0/s1. The smallest absolute Gasteiger partial charge is 0.239 e. The quantitative estimate of drug-likeness (QED) is 0.433. The van der Waals surface area contributed by atoms with Crippen LogP contribution in [-0.2, 0) is 9.59 Å². The number of hydrogen-bond donors (Lipinski definition) is 4. The van der Waals surface area contributed by atoms with Crippen molar-refractivity contribution in [2.24, 2.45) is 15.8 Å². The van der Waals surface area contributed by atoms with Crippen molar-refractivity contribution < 1.29 is 14.3 Å². The van der Waals surface area contributed by atoms with Crippen LogP contribution in [0.2, 0.25) is 5.02 Å². The van der Waals surface area contributed by atoms with E-state index in [-0.39, 0.29) is 30.9 Å². The molecule has 0 bridgehead atoms. The van der Waals surface area contributed by atoms with E-state index in [9.17, 15) is 9.59 Å². The molecule has 0 spiro atoms. The molecule has 0 fully saturated rings. The molecule has 2 amide bonds. The third kappa shape index (κ3) is 5.39. The summed E-state index contributed by atoms with van der Waals surface area (Å²) in [4.78, 5) is 31.7. The number of nitrogens with one attached hydrogen (secondary N) is 3. The number of hydrazone groups is 1. The van der Waals surface area contributed by atoms with E-state index in [1.807, 2.05) is 42.2 Å². The molecular formula is C24H28ClN7O3. The normalized spacial score (nSPS) is 18.3. The number of methoxy groups -OCH3 is 1. The summed E-state index contributed by atoms with van der Waals surface area (Å²) in [6.07, 6.45) is -0.139. The van der Waals surface area contributed by atoms with Gasteiger partial charge in [-0.1, -0.05) is 23.7 Å². The van der Waals surface area contributed by atoms with E-state index >= 15 is 0 Å². The molecule has 11 heteroatoms. The number of rotatable bonds is 8. The lowest BCUT2D eigenvalue weighted by Crippen LogP contribution is -2.44. The van der Waals surface area contributed by atoms with E-state index in [0.717, 1.165) is 16.8 Å². The first-order valence-corrected chi connectivity index (χ1v) is 11.7. The lowest BCUT2D eigenvalue weighted by Gasteiger charge is -2.27. The Hall–Kier alpha value is -3.63. The molecule has 1 unspecified atom stereocenters. The minimum Gasteiger partial charge on any atom is -0.497 e. The van der Waals surface area contributed by atoms with Crippen molar-refractivity contribution in [3.05, 3.63) is 58.6 Å². The van der Waals surface area contributed by atoms with Crippen LogP contribution in [0.1, 0.15) is 24.5 Å². The number of ether oxygens (including phenoxy) is 1. The van der Waals surface area contributed by atoms with Gasteiger partial charge < -0.3 is 26.0 Å². The first kappa shape index (κ1) is 24.5. The highest BCUT2D eigenvalue weighted by Crippen LogP contribution is 2.35. The zero-order valence-electron chi connectivity index (χ0n) is 19.5. The van der Waals surface area contributed by atoms with Crippen molar-refractivity contribution in [3.8, 4) is 5.75 Å². The second-order valence-corrected chi connectivity index (χ2v) is 8.58. The molecule has 2 heterocycles. The maximum Gasteiger partial charge on any atom is 0.239 e. The largest absolute Gasteiger partial charge is 0.497 e. The summed E-state index contributed by atoms with van der Waals surface area (Å²) in [6, 6.07) is 12.6. The molecule has 2 aliphatic heterocycles. The minimum absolute atomic E-state index is 0.0100. The number of nitrogens with two attached hydrogens (primary N) is 1. The topological polar surface area (TPSA) is 133 Å². The number of halogens is 1. The Balaban J connectivity index is 1.71. The summed E-state index contributed by atoms with van der Waals surface area (Å²) < 4.78 is 5.49. The maximum atomic E-state index is 12.8. The summed E-state index contributed by atoms with van der Waals surface area (Å²) >= 11 is 6.13. The van der Waals surface area contributed by atoms with Gasteiger partial charge in [-0.15, -0.1) is 0 Å². The van der Waals surface area contributed by atoms with Crippen LogP contribution in [0, 0.1) is 0 Å². The lowest BCUT2D eigenvalue weighted by atomic mass is 9.99. The molecule has 184 valence electrons. The van der Waals surface area contributed by atoms with E-state index in [1.54, 1.807) is 19.2 Å². The van der Waals surface area contributed by atoms with Crippen LogP contribution in [0.4, 0.5) is 5.69 Å². The van der Waals surface area contributed by atoms with Crippen molar-refractivity contribution in [3.63, 3.8) is 0 Å². The summed E-state index contributed by atoms with van der Waals surface area (Å²) in [7, 11) is 1.61. The molecule has 0 aromatic heterocycles. The molecule has 4 rings (SSSR count). The van der Waals surface area contributed by atoms with Crippen LogP contribution in [0.25, 0.3) is 0 Å². The fourth-order valence-electron chi connectivity index (χ4n) is 4.04. The molecule has 2 aliphatic rings. The number of benzene rings is 2. The van der Waals surface area contributed by atoms with Crippen LogP contribution < -0.4 is 31.4 Å². The van der Waals surface area contributed by atoms with Gasteiger partial charge >= 0.3 is 0 Å². The Morgan fingerprint density at radius 3 is 2.66 bits per heavy atom. The number of fused-ring (bicyclic) bond motifs is 3. The highest BCUT2D eigenvalue weighted by atomic mass is 35.5. The highest BCUT2D eigenvalue weighted by molar-refractivity contribution is 6.31. The third-order valence-electron chi connectivity index (χ3n) is 5.71. The number of aliphatic imine (C=N–C) groups is 1. The first-order chi connectivity index (χ1) is 16.9. The van der Waals surface area contributed by atoms with Gasteiger partial charge in [0.05, 0.1) is 31.5 Å². The third-order valence-corrected chi connectivity index (χ3v) is 5.96. The van der Waals surface area contributed by atoms with Gasteiger partial charge in [0.2, 0.25) is 11.8 Å². The van der Waals surface area contributed by atoms with Crippen LogP contribution in [0.5, 0.6) is 5.75 Å². The molecule has 0 aliphatic carbocycles. The second kappa shape index (κ2) is 10.7. The molecule has 2 aromatic rings. The molecule has 0 radical (unpaired) electrons. The van der Waals surface area contributed by atoms with E-state index in [2.05, 4.69) is 21.2 Å². The van der Waals surface area contributed by atoms with Crippen molar-refractivity contribution in [1.82, 2.24) is 16.1 Å². The Kier molecular flexibility index (Phi) is 7.52. The average molecular weight is 498 g/mol. The number of carbonyl (C=O) groups excluding carboxylic acids is 2. The summed E-state index contributed by atoms with van der Waals surface area (Å²) in [5.74, 6) is 0.687. The van der Waals surface area contributed by atoms with E-state index in [1.165, 1.54) is 0 Å². The fraction of sp³-hybridized carbons (Fsp3) is 0.333. The molecule has 2 aromatic carbocycles. The van der Waals surface area contributed by atoms with Crippen molar-refractivity contribution in [1.29, 1.82) is 0 Å². The number of carbonyl (C=O) groups is 2. The van der Waals surface area contributed by atoms with E-state index in [4.69, 9.17) is 27.1 Å². The highest BCUT2D eigenvalue weighted by Gasteiger charge is 2.37. The molecule has 0 saturated heterocycles. The maximum absolute atomic E-state index is 12.8. The predicted molar refractivity (Wildman–Crippen MR) is 136 cm³/mol. The zero-order chi connectivity index (χ0) is 24.9. The van der Waals surface area contributed by atoms with Crippen LogP contribution in [0.15, 0.2) is 52.6 Å². The summed E-state index contributed by atoms with van der Waals surface area (Å²) in [5.41, 5.74) is 11.8. The van der Waals surface area contributed by atoms with Gasteiger partial charge in [0.1, 0.15) is 18.0 Å². The van der Waals surface area contributed by atoms with Crippen LogP contribution >= 0.6 is 11.6 Å². The van der Waals surface area contributed by atoms with E-state index in [0.29, 0.717) is 35.4 Å². The van der Waals surface area contributed by atoms with Crippen molar-refractivity contribution >= 4 is 40.6 Å². The van der Waals surface area contributed by atoms with Gasteiger partial charge in [0.15, 0.2) is 5.84 Å². The first-order valence-electron chi connectivity index (χ1n) is 11.3. The van der Waals surface area contributed by atoms with Gasteiger partial charge in [-0.25, -0.2) is 0 Å². The van der Waals surface area contributed by atoms with Gasteiger partial charge in [-0.05, 0) is 37.3 Å². The molecule has 35 heavy (non-hydrogen) atoms. The van der Waals surface area contributed by atoms with E-state index < -0.39 is 6.04 Å². The number of nitrogens with zero attached hydrogens (tertiary/aromatic N) is 3. The number of hydrogen-bond acceptors (Lipinski definition) is 8. The molecule has 2 atom stereocenters. The van der Waals surface area contributed by atoms with Crippen LogP contribution in [0.3, 0.4) is 0 Å².